The smallest absolute Gasteiger partial charge is 0.243 e. The normalized spacial score (nSPS) is 11.5. The molecule has 2 aromatic rings. The lowest BCUT2D eigenvalue weighted by Crippen LogP contribution is -2.38. The lowest BCUT2D eigenvalue weighted by Gasteiger charge is -2.17. The number of hydrogen-bond acceptors (Lipinski definition) is 5. The number of sulfonamides is 1. The predicted octanol–water partition coefficient (Wildman–Crippen LogP) is 1.74. The van der Waals surface area contributed by atoms with Gasteiger partial charge in [0.15, 0.2) is 0 Å². The molecule has 2 rings (SSSR count). The highest BCUT2D eigenvalue weighted by Crippen LogP contribution is 2.19. The third kappa shape index (κ3) is 4.80. The number of amides is 1. The zero-order chi connectivity index (χ0) is 17.6. The molecule has 0 saturated carbocycles. The summed E-state index contributed by atoms with van der Waals surface area (Å²) in [5, 5.41) is 2.68. The number of carbonyl (C=O) groups is 1. The number of hydrogen-bond donors (Lipinski definition) is 1. The number of carbonyl (C=O) groups excluding carboxylic acids is 1. The number of nitrogens with zero attached hydrogens (tertiary/aromatic N) is 2. The molecule has 6 nitrogen and oxygen atoms in total. The van der Waals surface area contributed by atoms with Crippen molar-refractivity contribution in [2.45, 2.75) is 16.3 Å². The first-order valence-corrected chi connectivity index (χ1v) is 9.86. The first-order valence-electron chi connectivity index (χ1n) is 7.19. The Kier molecular flexibility index (Phi) is 6.36. The highest BCUT2D eigenvalue weighted by atomic mass is 32.2. The minimum Gasteiger partial charge on any atom is -0.351 e. The van der Waals surface area contributed by atoms with Crippen molar-refractivity contribution in [2.75, 3.05) is 19.8 Å². The van der Waals surface area contributed by atoms with Crippen LogP contribution >= 0.6 is 11.8 Å². The third-order valence-corrected chi connectivity index (χ3v) is 5.91. The van der Waals surface area contributed by atoms with E-state index in [1.165, 1.54) is 18.8 Å². The highest BCUT2D eigenvalue weighted by Gasteiger charge is 2.22. The summed E-state index contributed by atoms with van der Waals surface area (Å²) in [7, 11) is -2.30. The van der Waals surface area contributed by atoms with Crippen LogP contribution in [-0.4, -0.2) is 43.5 Å². The number of pyridine rings is 1. The van der Waals surface area contributed by atoms with Gasteiger partial charge >= 0.3 is 0 Å². The van der Waals surface area contributed by atoms with Crippen molar-refractivity contribution in [1.82, 2.24) is 14.6 Å². The molecular weight excluding hydrogens is 346 g/mol. The van der Waals surface area contributed by atoms with E-state index in [1.54, 1.807) is 42.7 Å². The van der Waals surface area contributed by atoms with E-state index in [0.29, 0.717) is 6.54 Å². The third-order valence-electron chi connectivity index (χ3n) is 3.35. The molecule has 0 aliphatic rings. The van der Waals surface area contributed by atoms with Crippen LogP contribution in [0.25, 0.3) is 0 Å². The van der Waals surface area contributed by atoms with E-state index >= 15 is 0 Å². The van der Waals surface area contributed by atoms with Crippen molar-refractivity contribution in [1.29, 1.82) is 0 Å². The van der Waals surface area contributed by atoms with Gasteiger partial charge in [0.1, 0.15) is 0 Å². The Bertz CT molecular complexity index is 778. The van der Waals surface area contributed by atoms with Crippen LogP contribution in [0.3, 0.4) is 0 Å². The van der Waals surface area contributed by atoms with Gasteiger partial charge in [0.2, 0.25) is 15.9 Å². The molecule has 1 aromatic carbocycles. The summed E-state index contributed by atoms with van der Waals surface area (Å²) >= 11 is 1.53. The van der Waals surface area contributed by atoms with Gasteiger partial charge in [-0.05, 0) is 42.2 Å². The summed E-state index contributed by atoms with van der Waals surface area (Å²) in [5.74, 6) is -0.370. The fraction of sp³-hybridized carbons (Fsp3) is 0.250. The molecule has 0 aliphatic heterocycles. The SMILES string of the molecule is CSc1ccc(S(=O)(=O)N(C)CC(=O)NCc2cccnc2)cc1. The summed E-state index contributed by atoms with van der Waals surface area (Å²) in [6, 6.07) is 10.2. The molecule has 0 spiro atoms. The Balaban J connectivity index is 1.96. The van der Waals surface area contributed by atoms with Crippen molar-refractivity contribution in [2.24, 2.45) is 0 Å². The van der Waals surface area contributed by atoms with Gasteiger partial charge in [0.25, 0.3) is 0 Å². The van der Waals surface area contributed by atoms with Crippen LogP contribution in [-0.2, 0) is 21.4 Å². The molecule has 128 valence electrons. The molecule has 1 heterocycles. The van der Waals surface area contributed by atoms with Gasteiger partial charge in [-0.2, -0.15) is 4.31 Å². The molecule has 0 fully saturated rings. The maximum Gasteiger partial charge on any atom is 0.243 e. The average Bonchev–Trinajstić information content (AvgIpc) is 2.60. The summed E-state index contributed by atoms with van der Waals surface area (Å²) in [6.45, 7) is 0.0653. The molecule has 0 atom stereocenters. The summed E-state index contributed by atoms with van der Waals surface area (Å²) in [5.41, 5.74) is 0.851. The number of benzene rings is 1. The Morgan fingerprint density at radius 3 is 2.54 bits per heavy atom. The van der Waals surface area contributed by atoms with Gasteiger partial charge < -0.3 is 5.32 Å². The Morgan fingerprint density at radius 2 is 1.96 bits per heavy atom. The van der Waals surface area contributed by atoms with E-state index in [1.807, 2.05) is 12.3 Å². The number of nitrogens with one attached hydrogen (secondary N) is 1. The van der Waals surface area contributed by atoms with E-state index in [2.05, 4.69) is 10.3 Å². The zero-order valence-corrected chi connectivity index (χ0v) is 15.1. The van der Waals surface area contributed by atoms with Crippen LogP contribution in [0, 0.1) is 0 Å². The second-order valence-corrected chi connectivity index (χ2v) is 8.00. The monoisotopic (exact) mass is 365 g/mol. The Morgan fingerprint density at radius 1 is 1.25 bits per heavy atom. The van der Waals surface area contributed by atoms with Crippen LogP contribution in [0.15, 0.2) is 58.6 Å². The molecule has 0 radical (unpaired) electrons. The van der Waals surface area contributed by atoms with Gasteiger partial charge in [0.05, 0.1) is 11.4 Å². The molecular formula is C16H19N3O3S2. The molecule has 24 heavy (non-hydrogen) atoms. The zero-order valence-electron chi connectivity index (χ0n) is 13.5. The van der Waals surface area contributed by atoms with E-state index in [0.717, 1.165) is 14.8 Å². The van der Waals surface area contributed by atoms with Crippen LogP contribution in [0.4, 0.5) is 0 Å². The summed E-state index contributed by atoms with van der Waals surface area (Å²) in [6.07, 6.45) is 5.21. The molecule has 0 unspecified atom stereocenters. The van der Waals surface area contributed by atoms with Gasteiger partial charge in [-0.3, -0.25) is 9.78 Å². The minimum atomic E-state index is -3.69. The van der Waals surface area contributed by atoms with E-state index < -0.39 is 10.0 Å². The topological polar surface area (TPSA) is 79.4 Å². The summed E-state index contributed by atoms with van der Waals surface area (Å²) in [4.78, 5) is 17.1. The lowest BCUT2D eigenvalue weighted by molar-refractivity contribution is -0.121. The first-order chi connectivity index (χ1) is 11.4. The summed E-state index contributed by atoms with van der Waals surface area (Å²) < 4.78 is 26.0. The second kappa shape index (κ2) is 8.27. The standard InChI is InChI=1S/C16H19N3O3S2/c1-19(12-16(20)18-11-13-4-3-9-17-10-13)24(21,22)15-7-5-14(23-2)6-8-15/h3-10H,11-12H2,1-2H3,(H,18,20). The fourth-order valence-electron chi connectivity index (χ4n) is 1.97. The van der Waals surface area contributed by atoms with Crippen molar-refractivity contribution < 1.29 is 13.2 Å². The van der Waals surface area contributed by atoms with Crippen LogP contribution in [0.1, 0.15) is 5.56 Å². The van der Waals surface area contributed by atoms with Gasteiger partial charge in [0, 0.05) is 30.9 Å². The van der Waals surface area contributed by atoms with Gasteiger partial charge in [-0.25, -0.2) is 8.42 Å². The fourth-order valence-corrected chi connectivity index (χ4v) is 3.51. The molecule has 8 heteroatoms. The number of rotatable bonds is 7. The van der Waals surface area contributed by atoms with Crippen molar-refractivity contribution in [3.8, 4) is 0 Å². The molecule has 0 aliphatic carbocycles. The van der Waals surface area contributed by atoms with Gasteiger partial charge in [-0.1, -0.05) is 6.07 Å². The first kappa shape index (κ1) is 18.4. The number of thioether (sulfide) groups is 1. The second-order valence-electron chi connectivity index (χ2n) is 5.07. The quantitative estimate of drug-likeness (QED) is 0.756. The highest BCUT2D eigenvalue weighted by molar-refractivity contribution is 7.98. The van der Waals surface area contributed by atoms with Crippen molar-refractivity contribution in [3.63, 3.8) is 0 Å². The Hall–Kier alpha value is -1.90. The predicted molar refractivity (Wildman–Crippen MR) is 94.1 cm³/mol. The van der Waals surface area contributed by atoms with Crippen LogP contribution in [0.2, 0.25) is 0 Å². The molecule has 0 saturated heterocycles. The molecule has 1 aromatic heterocycles. The lowest BCUT2D eigenvalue weighted by atomic mass is 10.3. The Labute approximate surface area is 146 Å². The molecule has 1 amide bonds. The van der Waals surface area contributed by atoms with Crippen molar-refractivity contribution in [3.05, 3.63) is 54.4 Å². The van der Waals surface area contributed by atoms with Crippen molar-refractivity contribution >= 4 is 27.7 Å². The maximum atomic E-state index is 12.5. The molecule has 0 bridgehead atoms. The largest absolute Gasteiger partial charge is 0.351 e. The van der Waals surface area contributed by atoms with Crippen LogP contribution < -0.4 is 5.32 Å². The average molecular weight is 365 g/mol. The van der Waals surface area contributed by atoms with Gasteiger partial charge in [-0.15, -0.1) is 11.8 Å². The number of likely N-dealkylation sites (N-methyl/N-ethyl adjacent to an activating group) is 1. The minimum absolute atomic E-state index is 0.169. The van der Waals surface area contributed by atoms with Crippen LogP contribution in [0.5, 0.6) is 0 Å². The maximum absolute atomic E-state index is 12.5. The van der Waals surface area contributed by atoms with E-state index in [4.69, 9.17) is 0 Å². The van der Waals surface area contributed by atoms with E-state index in [-0.39, 0.29) is 17.3 Å². The molecule has 1 N–H and O–H groups in total. The van der Waals surface area contributed by atoms with E-state index in [9.17, 15) is 13.2 Å². The number of aromatic nitrogens is 1.